The smallest absolute Gasteiger partial charge is 0.186 e. The van der Waals surface area contributed by atoms with Gasteiger partial charge in [-0.3, -0.25) is 4.79 Å². The number of hydrogen-bond donors (Lipinski definition) is 0. The predicted molar refractivity (Wildman–Crippen MR) is 62.9 cm³/mol. The number of ketones is 1. The van der Waals surface area contributed by atoms with Crippen molar-refractivity contribution in [2.45, 2.75) is 33.1 Å². The molecule has 0 bridgehead atoms. The summed E-state index contributed by atoms with van der Waals surface area (Å²) < 4.78 is 0. The van der Waals surface area contributed by atoms with E-state index in [-0.39, 0.29) is 5.78 Å². The number of thiazole rings is 1. The Bertz CT molecular complexity index is 369. The summed E-state index contributed by atoms with van der Waals surface area (Å²) in [7, 11) is 0. The molecule has 0 aliphatic heterocycles. The summed E-state index contributed by atoms with van der Waals surface area (Å²) in [6.45, 7) is 6.14. The average Bonchev–Trinajstić information content (AvgIpc) is 2.65. The highest BCUT2D eigenvalue weighted by atomic mass is 32.1. The quantitative estimate of drug-likeness (QED) is 0.791. The Balaban J connectivity index is 2.32. The van der Waals surface area contributed by atoms with Gasteiger partial charge in [0, 0.05) is 24.4 Å². The summed E-state index contributed by atoms with van der Waals surface area (Å²) in [5.41, 5.74) is 0.744. The van der Waals surface area contributed by atoms with Crippen molar-refractivity contribution < 1.29 is 4.79 Å². The molecule has 0 saturated heterocycles. The molecule has 0 aromatic carbocycles. The largest absolute Gasteiger partial charge is 0.349 e. The number of aryl methyl sites for hydroxylation is 1. The van der Waals surface area contributed by atoms with E-state index in [0.29, 0.717) is 6.42 Å². The molecule has 1 aliphatic rings. The number of hydrogen-bond acceptors (Lipinski definition) is 4. The van der Waals surface area contributed by atoms with Crippen molar-refractivity contribution in [1.29, 1.82) is 0 Å². The van der Waals surface area contributed by atoms with Gasteiger partial charge < -0.3 is 4.90 Å². The lowest BCUT2D eigenvalue weighted by Crippen LogP contribution is -2.21. The highest BCUT2D eigenvalue weighted by Crippen LogP contribution is 2.31. The van der Waals surface area contributed by atoms with Crippen molar-refractivity contribution in [3.05, 3.63) is 10.6 Å². The van der Waals surface area contributed by atoms with E-state index in [9.17, 15) is 4.79 Å². The second-order valence-corrected chi connectivity index (χ2v) is 4.78. The number of anilines is 1. The summed E-state index contributed by atoms with van der Waals surface area (Å²) in [5, 5.41) is 1.01. The highest BCUT2D eigenvalue weighted by Gasteiger charge is 2.23. The van der Waals surface area contributed by atoms with Gasteiger partial charge in [-0.2, -0.15) is 0 Å². The number of rotatable bonds is 3. The van der Waals surface area contributed by atoms with Gasteiger partial charge in [0.2, 0.25) is 0 Å². The molecule has 4 heteroatoms. The van der Waals surface area contributed by atoms with Gasteiger partial charge in [0.05, 0.1) is 0 Å². The first-order chi connectivity index (χ1) is 7.26. The van der Waals surface area contributed by atoms with Gasteiger partial charge in [0.25, 0.3) is 0 Å². The zero-order chi connectivity index (χ0) is 10.8. The molecule has 0 atom stereocenters. The molecular formula is C11H16N2OS. The third-order valence-electron chi connectivity index (χ3n) is 2.79. The number of carbonyl (C=O) groups is 1. The zero-order valence-electron chi connectivity index (χ0n) is 9.25. The zero-order valence-corrected chi connectivity index (χ0v) is 10.1. The maximum absolute atomic E-state index is 11.6. The minimum Gasteiger partial charge on any atom is -0.349 e. The Morgan fingerprint density at radius 1 is 1.33 bits per heavy atom. The molecule has 0 saturated carbocycles. The number of carbonyl (C=O) groups excluding carboxylic acids is 1. The second-order valence-electron chi connectivity index (χ2n) is 3.72. The lowest BCUT2D eigenvalue weighted by Gasteiger charge is -2.16. The Labute approximate surface area is 94.1 Å². The van der Waals surface area contributed by atoms with E-state index in [1.54, 1.807) is 11.3 Å². The van der Waals surface area contributed by atoms with Gasteiger partial charge in [-0.1, -0.05) is 0 Å². The molecule has 1 aromatic heterocycles. The lowest BCUT2D eigenvalue weighted by molar-refractivity contribution is 0.0968. The lowest BCUT2D eigenvalue weighted by atomic mass is 10.0. The Hall–Kier alpha value is -0.900. The molecule has 0 spiro atoms. The normalized spacial score (nSPS) is 15.2. The van der Waals surface area contributed by atoms with Crippen molar-refractivity contribution in [2.24, 2.45) is 0 Å². The van der Waals surface area contributed by atoms with Crippen LogP contribution in [0.15, 0.2) is 0 Å². The Morgan fingerprint density at radius 2 is 2.07 bits per heavy atom. The van der Waals surface area contributed by atoms with Crippen LogP contribution in [0.1, 0.15) is 42.1 Å². The summed E-state index contributed by atoms with van der Waals surface area (Å²) in [4.78, 5) is 19.5. The van der Waals surface area contributed by atoms with Crippen molar-refractivity contribution in [3.63, 3.8) is 0 Å². The fourth-order valence-corrected chi connectivity index (χ4v) is 3.13. The fourth-order valence-electron chi connectivity index (χ4n) is 1.88. The number of nitrogens with zero attached hydrogens (tertiary/aromatic N) is 2. The van der Waals surface area contributed by atoms with Gasteiger partial charge in [-0.15, -0.1) is 11.3 Å². The number of fused-ring (bicyclic) bond motifs is 1. The van der Waals surface area contributed by atoms with Crippen LogP contribution in [0, 0.1) is 0 Å². The van der Waals surface area contributed by atoms with Gasteiger partial charge >= 0.3 is 0 Å². The van der Waals surface area contributed by atoms with Crippen LogP contribution in [0.3, 0.4) is 0 Å². The minimum absolute atomic E-state index is 0.228. The Morgan fingerprint density at radius 3 is 2.67 bits per heavy atom. The maximum atomic E-state index is 11.6. The number of aromatic nitrogens is 1. The molecule has 0 fully saturated rings. The molecule has 1 aliphatic carbocycles. The molecule has 15 heavy (non-hydrogen) atoms. The van der Waals surface area contributed by atoms with Crippen LogP contribution in [0.25, 0.3) is 0 Å². The van der Waals surface area contributed by atoms with Crippen LogP contribution in [0.5, 0.6) is 0 Å². The molecule has 0 amide bonds. The second kappa shape index (κ2) is 4.31. The third kappa shape index (κ3) is 1.91. The summed E-state index contributed by atoms with van der Waals surface area (Å²) in [5.74, 6) is 0.228. The SMILES string of the molecule is CCN(CC)c1nc2c(s1)CCCC2=O. The van der Waals surface area contributed by atoms with E-state index in [1.165, 1.54) is 4.88 Å². The average molecular weight is 224 g/mol. The van der Waals surface area contributed by atoms with Gasteiger partial charge in [-0.05, 0) is 26.7 Å². The number of Topliss-reactive ketones (excluding diaryl/α,β-unsaturated/α-hetero) is 1. The van der Waals surface area contributed by atoms with E-state index in [4.69, 9.17) is 0 Å². The highest BCUT2D eigenvalue weighted by molar-refractivity contribution is 7.16. The summed E-state index contributed by atoms with van der Waals surface area (Å²) >= 11 is 1.69. The van der Waals surface area contributed by atoms with Crippen LogP contribution < -0.4 is 4.90 Å². The molecule has 82 valence electrons. The van der Waals surface area contributed by atoms with Crippen LogP contribution in [0.2, 0.25) is 0 Å². The Kier molecular flexibility index (Phi) is 3.05. The first-order valence-corrected chi connectivity index (χ1v) is 6.35. The molecule has 3 nitrogen and oxygen atoms in total. The topological polar surface area (TPSA) is 33.2 Å². The van der Waals surface area contributed by atoms with Crippen molar-refractivity contribution >= 4 is 22.3 Å². The van der Waals surface area contributed by atoms with Crippen LogP contribution in [0.4, 0.5) is 5.13 Å². The van der Waals surface area contributed by atoms with Gasteiger partial charge in [-0.25, -0.2) is 4.98 Å². The standard InChI is InChI=1S/C11H16N2OS/c1-3-13(4-2)11-12-10-8(14)6-5-7-9(10)15-11/h3-7H2,1-2H3. The molecule has 0 N–H and O–H groups in total. The summed E-state index contributed by atoms with van der Waals surface area (Å²) in [6, 6.07) is 0. The van der Waals surface area contributed by atoms with Crippen molar-refractivity contribution in [1.82, 2.24) is 4.98 Å². The monoisotopic (exact) mass is 224 g/mol. The molecule has 1 heterocycles. The molecule has 0 unspecified atom stereocenters. The molecule has 0 radical (unpaired) electrons. The van der Waals surface area contributed by atoms with E-state index in [2.05, 4.69) is 23.7 Å². The van der Waals surface area contributed by atoms with Gasteiger partial charge in [0.1, 0.15) is 5.69 Å². The van der Waals surface area contributed by atoms with E-state index in [0.717, 1.165) is 36.8 Å². The van der Waals surface area contributed by atoms with Gasteiger partial charge in [0.15, 0.2) is 10.9 Å². The molecule has 1 aromatic rings. The van der Waals surface area contributed by atoms with Crippen molar-refractivity contribution in [3.8, 4) is 0 Å². The first kappa shape index (κ1) is 10.6. The van der Waals surface area contributed by atoms with E-state index < -0.39 is 0 Å². The van der Waals surface area contributed by atoms with E-state index >= 15 is 0 Å². The first-order valence-electron chi connectivity index (χ1n) is 5.54. The van der Waals surface area contributed by atoms with Crippen LogP contribution in [-0.2, 0) is 6.42 Å². The van der Waals surface area contributed by atoms with Crippen molar-refractivity contribution in [2.75, 3.05) is 18.0 Å². The van der Waals surface area contributed by atoms with Crippen LogP contribution in [-0.4, -0.2) is 23.9 Å². The predicted octanol–water partition coefficient (Wildman–Crippen LogP) is 2.51. The fraction of sp³-hybridized carbons (Fsp3) is 0.636. The third-order valence-corrected chi connectivity index (χ3v) is 3.97. The molecular weight excluding hydrogens is 208 g/mol. The maximum Gasteiger partial charge on any atom is 0.186 e. The van der Waals surface area contributed by atoms with E-state index in [1.807, 2.05) is 0 Å². The minimum atomic E-state index is 0.228. The molecule has 2 rings (SSSR count). The summed E-state index contributed by atoms with van der Waals surface area (Å²) in [6.07, 6.45) is 2.69. The van der Waals surface area contributed by atoms with Crippen LogP contribution >= 0.6 is 11.3 Å².